The van der Waals surface area contributed by atoms with Gasteiger partial charge in [-0.15, -0.1) is 22.7 Å². The molecular formula is C122H116BBrN10O8P4PdS2. The molecule has 18 nitrogen and oxygen atoms in total. The number of thiazole rings is 2. The monoisotopic (exact) mass is 2230 g/mol. The van der Waals surface area contributed by atoms with Crippen LogP contribution in [-0.4, -0.2) is 116 Å². The van der Waals surface area contributed by atoms with E-state index in [1.165, 1.54) is 111 Å². The van der Waals surface area contributed by atoms with E-state index in [0.29, 0.717) is 20.8 Å². The second-order valence-corrected chi connectivity index (χ2v) is 48.3. The third-order valence-corrected chi connectivity index (χ3v) is 37.4. The average Bonchev–Trinajstić information content (AvgIpc) is 1.61. The molecule has 4 aliphatic rings. The number of nitrogens with zero attached hydrogens (tertiary/aromatic N) is 8. The number of carbonyl (C=O) groups is 4. The van der Waals surface area contributed by atoms with Crippen LogP contribution < -0.4 is 79.8 Å². The number of nitrogens with one attached hydrogen (secondary N) is 2. The second kappa shape index (κ2) is 55.9. The van der Waals surface area contributed by atoms with Crippen LogP contribution in [0.2, 0.25) is 0 Å². The van der Waals surface area contributed by atoms with Gasteiger partial charge in [-0.25, -0.2) is 39.5 Å². The molecule has 0 radical (unpaired) electrons. The Bertz CT molecular complexity index is 6210. The normalized spacial score (nSPS) is 16.5. The minimum atomic E-state index is -1.47. The summed E-state index contributed by atoms with van der Waals surface area (Å²) < 4.78 is 12.2. The van der Waals surface area contributed by atoms with Crippen molar-refractivity contribution < 1.29 is 59.1 Å². The second-order valence-electron chi connectivity index (χ2n) is 36.4. The zero-order chi connectivity index (χ0) is 103. The first-order valence-corrected chi connectivity index (χ1v) is 57.3. The maximum Gasteiger partial charge on any atom is 0.491 e. The van der Waals surface area contributed by atoms with Gasteiger partial charge in [0.15, 0.2) is 3.92 Å². The van der Waals surface area contributed by atoms with Crippen LogP contribution in [0.5, 0.6) is 0 Å². The van der Waals surface area contributed by atoms with Gasteiger partial charge in [0.2, 0.25) is 0 Å². The Balaban J connectivity index is 0.000000133. The molecule has 754 valence electrons. The molecule has 4 aromatic heterocycles. The van der Waals surface area contributed by atoms with Gasteiger partial charge in [-0.3, -0.25) is 19.4 Å². The first-order chi connectivity index (χ1) is 72.4. The predicted octanol–water partition coefficient (Wildman–Crippen LogP) is 21.5. The summed E-state index contributed by atoms with van der Waals surface area (Å²) in [6.07, 6.45) is 14.9. The number of carbonyl (C=O) groups excluding carboxylic acids is 4. The Hall–Kier alpha value is -13.2. The molecule has 6 heterocycles. The number of hydrogen-bond acceptors (Lipinski definition) is 16. The Morgan fingerprint density at radius 2 is 0.557 bits per heavy atom. The average molecular weight is 2240 g/mol. The molecule has 0 unspecified atom stereocenters. The Labute approximate surface area is 908 Å². The molecule has 4 N–H and O–H groups in total. The number of benzene rings is 14. The van der Waals surface area contributed by atoms with E-state index in [0.717, 1.165) is 73.1 Å². The maximum absolute atomic E-state index is 12.9. The Morgan fingerprint density at radius 3 is 0.779 bits per heavy atom. The molecule has 2 atom stereocenters. The van der Waals surface area contributed by atoms with E-state index in [1.54, 1.807) is 23.2 Å². The molecule has 2 aliphatic carbocycles. The van der Waals surface area contributed by atoms with Crippen molar-refractivity contribution in [3.05, 3.63) is 499 Å². The quantitative estimate of drug-likeness (QED) is 0.0365. The van der Waals surface area contributed by atoms with Crippen molar-refractivity contribution in [2.75, 3.05) is 0 Å². The van der Waals surface area contributed by atoms with E-state index in [4.69, 9.17) is 19.5 Å². The molecule has 18 aromatic rings. The molecular weight excluding hydrogens is 2120 g/mol. The minimum absolute atomic E-state index is 0. The fraction of sp³-hybridized carbons (Fsp3) is 0.164. The van der Waals surface area contributed by atoms with Crippen LogP contribution in [0.15, 0.2) is 477 Å². The van der Waals surface area contributed by atoms with E-state index >= 15 is 0 Å². The largest absolute Gasteiger partial charge is 0.491 e. The zero-order valence-corrected chi connectivity index (χ0v) is 91.3. The molecule has 4 fully saturated rings. The summed E-state index contributed by atoms with van der Waals surface area (Å²) in [5, 5.41) is 44.2. The van der Waals surface area contributed by atoms with E-state index in [9.17, 15) is 19.2 Å². The smallest absolute Gasteiger partial charge is 0.441 e. The molecule has 149 heavy (non-hydrogen) atoms. The van der Waals surface area contributed by atoms with Crippen LogP contribution in [0.1, 0.15) is 123 Å². The van der Waals surface area contributed by atoms with E-state index in [-0.39, 0.29) is 80.7 Å². The van der Waals surface area contributed by atoms with E-state index < -0.39 is 50.0 Å². The van der Waals surface area contributed by atoms with Crippen molar-refractivity contribution in [2.24, 2.45) is 0 Å². The molecule has 0 spiro atoms. The number of amides is 4. The summed E-state index contributed by atoms with van der Waals surface area (Å²) in [7, 11) is -3.25. The number of aromatic nitrogens is 6. The van der Waals surface area contributed by atoms with E-state index in [2.05, 4.69) is 445 Å². The number of hydrogen-bond donors (Lipinski definition) is 4. The van der Waals surface area contributed by atoms with Crippen LogP contribution in [0.25, 0.3) is 10.6 Å². The van der Waals surface area contributed by atoms with Crippen molar-refractivity contribution in [1.82, 2.24) is 50.3 Å². The fourth-order valence-corrected chi connectivity index (χ4v) is 29.6. The number of halogens is 1. The van der Waals surface area contributed by atoms with Gasteiger partial charge in [-0.1, -0.05) is 425 Å². The molecule has 2 saturated heterocycles. The molecule has 4 amide bonds. The van der Waals surface area contributed by atoms with Gasteiger partial charge in [0.1, 0.15) is 40.3 Å². The summed E-state index contributed by atoms with van der Waals surface area (Å²) in [6.45, 7) is 7.89. The third kappa shape index (κ3) is 30.6. The molecule has 2 aliphatic heterocycles. The van der Waals surface area contributed by atoms with E-state index in [1.807, 2.05) is 73.9 Å². The third-order valence-electron chi connectivity index (χ3n) is 25.4. The first kappa shape index (κ1) is 110. The van der Waals surface area contributed by atoms with Crippen LogP contribution >= 0.6 is 70.3 Å². The maximum atomic E-state index is 12.9. The summed E-state index contributed by atoms with van der Waals surface area (Å²) in [5.41, 5.74) is 2.93. The predicted molar refractivity (Wildman–Crippen MR) is 616 cm³/mol. The summed E-state index contributed by atoms with van der Waals surface area (Å²) in [4.78, 5) is 78.4. The van der Waals surface area contributed by atoms with Crippen LogP contribution in [0, 0.1) is 0 Å². The van der Waals surface area contributed by atoms with Gasteiger partial charge in [0.05, 0.1) is 12.1 Å². The standard InChI is InChI=1S/C25H27N5O3S.C21H24BrN3O3S.4C18H15P.C4H5BN2O2.Pd/c1-25(2)21(16-6-4-3-5-7-16)30(24(32)33-25)19-10-8-18(9-11-19)28-22(31)20-14-34-23(29-20)17-12-26-15-27-13-17;1-21(2)17(13-6-4-3-5-7-13)25(20(27)28-21)15-10-8-14(9-11-15)23-18(26)16-12-29-19(22)24-16;4*1-4-10-16(11-5-1)19(17-12-6-2-7-13-17)18-14-8-3-9-15-18;8-5(9)4-1-6-3-7-2-4;/h3-7,12-15,18-19,21H,8-11H2,1-2H3,(H,28,31);3-7,12,14-15,17H,8-11H2,1-2H3,(H,23,26);4*1-15H;1-3,8-9H;/t18?,19?,21-;14?,15?,17-;;;;;;/m00....../s1. The van der Waals surface area contributed by atoms with Crippen LogP contribution in [0.3, 0.4) is 0 Å². The number of ether oxygens (including phenoxy) is 2. The fourth-order valence-electron chi connectivity index (χ4n) is 18.6. The van der Waals surface area contributed by atoms with Crippen molar-refractivity contribution in [1.29, 1.82) is 0 Å². The van der Waals surface area contributed by atoms with Crippen molar-refractivity contribution in [3.63, 3.8) is 0 Å². The molecule has 27 heteroatoms. The summed E-state index contributed by atoms with van der Waals surface area (Å²) in [5.74, 6) is -0.314. The van der Waals surface area contributed by atoms with Crippen LogP contribution in [0.4, 0.5) is 9.59 Å². The van der Waals surface area contributed by atoms with Gasteiger partial charge in [-0.2, -0.15) is 0 Å². The SMILES string of the molecule is CC1(C)OC(=O)N(C2CCC(NC(=O)c3csc(-c4cncnc4)n3)CC2)[C@H]1c1ccccc1.CC1(C)OC(=O)N(C2CCC(NC(=O)c3csc(Br)n3)CC2)[C@H]1c1ccccc1.OB(O)c1cncnc1.[Pd].c1ccc(P(c2ccccc2)c2ccccc2)cc1.c1ccc(P(c2ccccc2)c2ccccc2)cc1.c1ccc(P(c2ccccc2)c2ccccc2)cc1.c1ccc(P(c2ccccc2)c2ccccc2)cc1. The molecule has 22 rings (SSSR count). The number of cyclic esters (lactones) is 2. The van der Waals surface area contributed by atoms with Gasteiger partial charge < -0.3 is 30.2 Å². The van der Waals surface area contributed by atoms with Gasteiger partial charge in [-0.05, 0) is 201 Å². The Morgan fingerprint density at radius 1 is 0.336 bits per heavy atom. The van der Waals surface area contributed by atoms with Gasteiger partial charge in [0, 0.05) is 91.2 Å². The summed E-state index contributed by atoms with van der Waals surface area (Å²) >= 11 is 6.08. The molecule has 2 saturated carbocycles. The molecule has 14 aromatic carbocycles. The van der Waals surface area contributed by atoms with Crippen molar-refractivity contribution in [3.8, 4) is 10.6 Å². The first-order valence-electron chi connectivity index (χ1n) is 49.4. The van der Waals surface area contributed by atoms with Crippen molar-refractivity contribution >= 4 is 171 Å². The molecule has 0 bridgehead atoms. The van der Waals surface area contributed by atoms with Crippen molar-refractivity contribution in [2.45, 2.75) is 127 Å². The van der Waals surface area contributed by atoms with Gasteiger partial charge >= 0.3 is 19.3 Å². The Kier molecular flexibility index (Phi) is 41.3. The minimum Gasteiger partial charge on any atom is -0.441 e. The van der Waals surface area contributed by atoms with Gasteiger partial charge in [0.25, 0.3) is 11.8 Å². The number of rotatable bonds is 22. The van der Waals surface area contributed by atoms with Crippen LogP contribution in [-0.2, 0) is 29.9 Å². The zero-order valence-electron chi connectivity index (χ0n) is 83.0. The summed E-state index contributed by atoms with van der Waals surface area (Å²) in [6, 6.07) is 150. The topological polar surface area (TPSA) is 235 Å².